The van der Waals surface area contributed by atoms with Gasteiger partial charge >= 0.3 is 0 Å². The average Bonchev–Trinajstić information content (AvgIpc) is 3.37. The van der Waals surface area contributed by atoms with Crippen molar-refractivity contribution in [3.05, 3.63) is 88.4 Å². The Balaban J connectivity index is 1.74. The van der Waals surface area contributed by atoms with E-state index < -0.39 is 34.1 Å². The number of sulfonamides is 1. The summed E-state index contributed by atoms with van der Waals surface area (Å²) in [6, 6.07) is 20.6. The van der Waals surface area contributed by atoms with Gasteiger partial charge in [-0.05, 0) is 56.2 Å². The van der Waals surface area contributed by atoms with Crippen molar-refractivity contribution in [3.8, 4) is 11.5 Å². The minimum absolute atomic E-state index is 0.0294. The molecular formula is C30H34BrN3O6S. The third-order valence-electron chi connectivity index (χ3n) is 6.36. The molecule has 1 aliphatic rings. The SMILES string of the molecule is CC(C)(C)NC(=O)C(Cc1ccccc1)N(Cc1ccc(Br)cc1)C(=O)CN(c1ccc2c(c1)OCO2)S(C)(=O)=O. The number of carbonyl (C=O) groups is 2. The van der Waals surface area contributed by atoms with Crippen LogP contribution in [0, 0.1) is 0 Å². The second kappa shape index (κ2) is 12.5. The van der Waals surface area contributed by atoms with Crippen molar-refractivity contribution >= 4 is 43.5 Å². The van der Waals surface area contributed by atoms with E-state index in [4.69, 9.17) is 9.47 Å². The summed E-state index contributed by atoms with van der Waals surface area (Å²) in [5, 5.41) is 3.01. The predicted octanol–water partition coefficient (Wildman–Crippen LogP) is 4.50. The van der Waals surface area contributed by atoms with Gasteiger partial charge in [-0.1, -0.05) is 58.4 Å². The average molecular weight is 645 g/mol. The van der Waals surface area contributed by atoms with Crippen LogP contribution >= 0.6 is 15.9 Å². The summed E-state index contributed by atoms with van der Waals surface area (Å²) in [7, 11) is -3.89. The standard InChI is InChI=1S/C30H34BrN3O6S/c1-30(2,3)32-29(36)25(16-21-8-6-5-7-9-21)33(18-22-10-12-23(31)13-11-22)28(35)19-34(41(4,37)38)24-14-15-26-27(17-24)40-20-39-26/h5-15,17,25H,16,18-20H2,1-4H3,(H,32,36). The molecule has 0 bridgehead atoms. The van der Waals surface area contributed by atoms with Gasteiger partial charge < -0.3 is 19.7 Å². The van der Waals surface area contributed by atoms with Crippen LogP contribution < -0.4 is 19.1 Å². The van der Waals surface area contributed by atoms with Crippen molar-refractivity contribution in [2.24, 2.45) is 0 Å². The van der Waals surface area contributed by atoms with Crippen LogP contribution in [-0.2, 0) is 32.6 Å². The Morgan fingerprint density at radius 1 is 0.951 bits per heavy atom. The Morgan fingerprint density at radius 2 is 1.61 bits per heavy atom. The maximum absolute atomic E-state index is 14.2. The van der Waals surface area contributed by atoms with Crippen molar-refractivity contribution in [1.82, 2.24) is 10.2 Å². The van der Waals surface area contributed by atoms with Crippen molar-refractivity contribution in [2.45, 2.75) is 45.3 Å². The molecule has 3 aromatic carbocycles. The molecule has 1 N–H and O–H groups in total. The van der Waals surface area contributed by atoms with E-state index in [9.17, 15) is 18.0 Å². The molecular weight excluding hydrogens is 610 g/mol. The normalized spacial score (nSPS) is 13.4. The molecule has 0 saturated carbocycles. The minimum Gasteiger partial charge on any atom is -0.454 e. The van der Waals surface area contributed by atoms with Gasteiger partial charge in [0.15, 0.2) is 11.5 Å². The van der Waals surface area contributed by atoms with E-state index in [-0.39, 0.29) is 31.4 Å². The van der Waals surface area contributed by atoms with Crippen molar-refractivity contribution < 1.29 is 27.5 Å². The third-order valence-corrected chi connectivity index (χ3v) is 8.03. The zero-order chi connectivity index (χ0) is 29.8. The van der Waals surface area contributed by atoms with Gasteiger partial charge in [0.1, 0.15) is 12.6 Å². The van der Waals surface area contributed by atoms with Crippen LogP contribution in [0.25, 0.3) is 0 Å². The summed E-state index contributed by atoms with van der Waals surface area (Å²) in [5.41, 5.74) is 1.36. The van der Waals surface area contributed by atoms with Gasteiger partial charge in [0, 0.05) is 29.0 Å². The maximum atomic E-state index is 14.2. The first-order chi connectivity index (χ1) is 19.3. The first-order valence-corrected chi connectivity index (χ1v) is 15.7. The fourth-order valence-corrected chi connectivity index (χ4v) is 5.55. The molecule has 0 fully saturated rings. The van der Waals surface area contributed by atoms with E-state index >= 15 is 0 Å². The first kappa shape index (κ1) is 30.4. The second-order valence-electron chi connectivity index (χ2n) is 10.9. The van der Waals surface area contributed by atoms with Crippen LogP contribution in [0.15, 0.2) is 77.3 Å². The molecule has 0 radical (unpaired) electrons. The van der Waals surface area contributed by atoms with E-state index in [1.165, 1.54) is 11.0 Å². The molecule has 3 aromatic rings. The molecule has 1 atom stereocenters. The van der Waals surface area contributed by atoms with E-state index in [1.54, 1.807) is 12.1 Å². The van der Waals surface area contributed by atoms with Crippen molar-refractivity contribution in [2.75, 3.05) is 23.9 Å². The fourth-order valence-electron chi connectivity index (χ4n) is 4.45. The summed E-state index contributed by atoms with van der Waals surface area (Å²) < 4.78 is 38.6. The zero-order valence-corrected chi connectivity index (χ0v) is 25.9. The minimum atomic E-state index is -3.89. The van der Waals surface area contributed by atoms with Gasteiger partial charge in [0.25, 0.3) is 0 Å². The van der Waals surface area contributed by atoms with Gasteiger partial charge in [-0.2, -0.15) is 0 Å². The number of hydrogen-bond acceptors (Lipinski definition) is 6. The van der Waals surface area contributed by atoms with Crippen LogP contribution in [0.3, 0.4) is 0 Å². The number of nitrogens with zero attached hydrogens (tertiary/aromatic N) is 2. The lowest BCUT2D eigenvalue weighted by molar-refractivity contribution is -0.140. The number of benzene rings is 3. The number of carbonyl (C=O) groups excluding carboxylic acids is 2. The highest BCUT2D eigenvalue weighted by Crippen LogP contribution is 2.36. The summed E-state index contributed by atoms with van der Waals surface area (Å²) in [5.74, 6) is 0.0239. The Kier molecular flexibility index (Phi) is 9.28. The number of rotatable bonds is 10. The molecule has 1 heterocycles. The molecule has 9 nitrogen and oxygen atoms in total. The number of ether oxygens (including phenoxy) is 2. The highest BCUT2D eigenvalue weighted by atomic mass is 79.9. The van der Waals surface area contributed by atoms with Crippen LogP contribution in [0.2, 0.25) is 0 Å². The highest BCUT2D eigenvalue weighted by molar-refractivity contribution is 9.10. The molecule has 218 valence electrons. The van der Waals surface area contributed by atoms with Crippen molar-refractivity contribution in [3.63, 3.8) is 0 Å². The van der Waals surface area contributed by atoms with E-state index in [0.717, 1.165) is 26.2 Å². The molecule has 0 aliphatic carbocycles. The molecule has 2 amide bonds. The highest BCUT2D eigenvalue weighted by Gasteiger charge is 2.34. The maximum Gasteiger partial charge on any atom is 0.244 e. The van der Waals surface area contributed by atoms with Crippen LogP contribution in [0.4, 0.5) is 5.69 Å². The molecule has 1 aliphatic heterocycles. The van der Waals surface area contributed by atoms with Gasteiger partial charge in [0.05, 0.1) is 11.9 Å². The quantitative estimate of drug-likeness (QED) is 0.349. The second-order valence-corrected chi connectivity index (χ2v) is 13.7. The number of anilines is 1. The largest absolute Gasteiger partial charge is 0.454 e. The summed E-state index contributed by atoms with van der Waals surface area (Å²) in [6.07, 6.45) is 1.28. The van der Waals surface area contributed by atoms with Gasteiger partial charge in [0.2, 0.25) is 28.6 Å². The molecule has 11 heteroatoms. The van der Waals surface area contributed by atoms with Gasteiger partial charge in [-0.25, -0.2) is 8.42 Å². The smallest absolute Gasteiger partial charge is 0.244 e. The predicted molar refractivity (Wildman–Crippen MR) is 161 cm³/mol. The molecule has 0 aromatic heterocycles. The number of nitrogens with one attached hydrogen (secondary N) is 1. The van der Waals surface area contributed by atoms with Crippen molar-refractivity contribution in [1.29, 1.82) is 0 Å². The van der Waals surface area contributed by atoms with Crippen LogP contribution in [0.1, 0.15) is 31.9 Å². The van der Waals surface area contributed by atoms with Crippen LogP contribution in [0.5, 0.6) is 11.5 Å². The topological polar surface area (TPSA) is 105 Å². The lowest BCUT2D eigenvalue weighted by atomic mass is 10.0. The summed E-state index contributed by atoms with van der Waals surface area (Å²) in [4.78, 5) is 29.4. The molecule has 41 heavy (non-hydrogen) atoms. The van der Waals surface area contributed by atoms with Gasteiger partial charge in [-0.3, -0.25) is 13.9 Å². The molecule has 0 saturated heterocycles. The van der Waals surface area contributed by atoms with E-state index in [0.29, 0.717) is 11.5 Å². The number of halogens is 1. The van der Waals surface area contributed by atoms with E-state index in [1.807, 2.05) is 75.4 Å². The summed E-state index contributed by atoms with van der Waals surface area (Å²) in [6.45, 7) is 5.23. The Morgan fingerprint density at radius 3 is 2.24 bits per heavy atom. The number of fused-ring (bicyclic) bond motifs is 1. The number of amides is 2. The molecule has 4 rings (SSSR count). The zero-order valence-electron chi connectivity index (χ0n) is 23.5. The number of hydrogen-bond donors (Lipinski definition) is 1. The Bertz CT molecular complexity index is 1490. The molecule has 0 spiro atoms. The van der Waals surface area contributed by atoms with Crippen LogP contribution in [-0.4, -0.2) is 56.3 Å². The monoisotopic (exact) mass is 643 g/mol. The lowest BCUT2D eigenvalue weighted by Gasteiger charge is -2.35. The lowest BCUT2D eigenvalue weighted by Crippen LogP contribution is -2.56. The Hall–Kier alpha value is -3.57. The molecule has 1 unspecified atom stereocenters. The third kappa shape index (κ3) is 8.23. The van der Waals surface area contributed by atoms with Gasteiger partial charge in [-0.15, -0.1) is 0 Å². The summed E-state index contributed by atoms with van der Waals surface area (Å²) >= 11 is 3.43. The fraction of sp³-hybridized carbons (Fsp3) is 0.333. The Labute approximate surface area is 249 Å². The van der Waals surface area contributed by atoms with E-state index in [2.05, 4.69) is 21.2 Å². The first-order valence-electron chi connectivity index (χ1n) is 13.1.